The van der Waals surface area contributed by atoms with Crippen molar-refractivity contribution in [3.63, 3.8) is 0 Å². The lowest BCUT2D eigenvalue weighted by Crippen LogP contribution is -2.39. The largest absolute Gasteiger partial charge is 0.356 e. The Balaban J connectivity index is 1.71. The molecule has 1 heterocycles. The summed E-state index contributed by atoms with van der Waals surface area (Å²) in [5.41, 5.74) is 1.84. The number of rotatable bonds is 8. The van der Waals surface area contributed by atoms with E-state index < -0.39 is 0 Å². The van der Waals surface area contributed by atoms with E-state index in [4.69, 9.17) is 0 Å². The molecule has 0 fully saturated rings. The zero-order valence-electron chi connectivity index (χ0n) is 15.8. The number of hydrogen-bond donors (Lipinski definition) is 2. The van der Waals surface area contributed by atoms with E-state index in [2.05, 4.69) is 25.2 Å². The zero-order valence-corrected chi connectivity index (χ0v) is 15.8. The molecular formula is C19H28N6O. The SMILES string of the molecule is CN=C(NCCCn1ccnc1)NCCc1cccc(C(=O)N(C)C)c1. The lowest BCUT2D eigenvalue weighted by Gasteiger charge is -2.13. The van der Waals surface area contributed by atoms with Crippen molar-refractivity contribution in [3.05, 3.63) is 54.1 Å². The summed E-state index contributed by atoms with van der Waals surface area (Å²) in [7, 11) is 5.29. The maximum absolute atomic E-state index is 12.0. The number of guanidine groups is 1. The van der Waals surface area contributed by atoms with Crippen LogP contribution in [0.2, 0.25) is 0 Å². The first kappa shape index (κ1) is 19.5. The number of amides is 1. The Morgan fingerprint density at radius 1 is 1.27 bits per heavy atom. The lowest BCUT2D eigenvalue weighted by atomic mass is 10.1. The Bertz CT molecular complexity index is 709. The number of hydrogen-bond acceptors (Lipinski definition) is 3. The molecule has 1 aromatic carbocycles. The van der Waals surface area contributed by atoms with Crippen molar-refractivity contribution in [2.45, 2.75) is 19.4 Å². The second-order valence-corrected chi connectivity index (χ2v) is 6.23. The molecule has 0 unspecified atom stereocenters. The topological polar surface area (TPSA) is 74.5 Å². The monoisotopic (exact) mass is 356 g/mol. The van der Waals surface area contributed by atoms with Crippen molar-refractivity contribution in [2.24, 2.45) is 4.99 Å². The van der Waals surface area contributed by atoms with Crippen LogP contribution >= 0.6 is 0 Å². The summed E-state index contributed by atoms with van der Waals surface area (Å²) < 4.78 is 2.06. The van der Waals surface area contributed by atoms with Crippen molar-refractivity contribution in [1.29, 1.82) is 0 Å². The molecule has 1 aromatic heterocycles. The Morgan fingerprint density at radius 2 is 2.08 bits per heavy atom. The number of aliphatic imine (C=N–C) groups is 1. The van der Waals surface area contributed by atoms with E-state index in [0.29, 0.717) is 0 Å². The molecule has 2 N–H and O–H groups in total. The molecule has 0 aliphatic rings. The number of aryl methyl sites for hydroxylation is 1. The molecule has 0 spiro atoms. The van der Waals surface area contributed by atoms with E-state index in [9.17, 15) is 4.79 Å². The van der Waals surface area contributed by atoms with Gasteiger partial charge in [-0.05, 0) is 30.5 Å². The average molecular weight is 356 g/mol. The van der Waals surface area contributed by atoms with Gasteiger partial charge in [0.2, 0.25) is 0 Å². The summed E-state index contributed by atoms with van der Waals surface area (Å²) >= 11 is 0. The zero-order chi connectivity index (χ0) is 18.8. The standard InChI is InChI=1S/C19H28N6O/c1-20-19(22-9-5-12-25-13-11-21-15-25)23-10-8-16-6-4-7-17(14-16)18(26)24(2)3/h4,6-7,11,13-15H,5,8-10,12H2,1-3H3,(H2,20,22,23). The van der Waals surface area contributed by atoms with Crippen molar-refractivity contribution in [1.82, 2.24) is 25.1 Å². The van der Waals surface area contributed by atoms with E-state index in [1.165, 1.54) is 0 Å². The van der Waals surface area contributed by atoms with Crippen molar-refractivity contribution >= 4 is 11.9 Å². The fourth-order valence-electron chi connectivity index (χ4n) is 2.55. The first-order valence-corrected chi connectivity index (χ1v) is 8.81. The predicted octanol–water partition coefficient (Wildman–Crippen LogP) is 1.38. The van der Waals surface area contributed by atoms with Crippen LogP contribution in [0.3, 0.4) is 0 Å². The normalized spacial score (nSPS) is 11.3. The molecule has 0 atom stereocenters. The number of carbonyl (C=O) groups excluding carboxylic acids is 1. The third-order valence-electron chi connectivity index (χ3n) is 3.95. The maximum atomic E-state index is 12.0. The fraction of sp³-hybridized carbons (Fsp3) is 0.421. The van der Waals surface area contributed by atoms with Crippen LogP contribution in [0.1, 0.15) is 22.3 Å². The van der Waals surface area contributed by atoms with Gasteiger partial charge in [0.15, 0.2) is 5.96 Å². The molecule has 7 heteroatoms. The Morgan fingerprint density at radius 3 is 2.77 bits per heavy atom. The fourth-order valence-corrected chi connectivity index (χ4v) is 2.55. The van der Waals surface area contributed by atoms with Crippen LogP contribution in [0.5, 0.6) is 0 Å². The quantitative estimate of drug-likeness (QED) is 0.426. The van der Waals surface area contributed by atoms with Gasteiger partial charge in [-0.3, -0.25) is 9.79 Å². The van der Waals surface area contributed by atoms with Crippen LogP contribution in [0.25, 0.3) is 0 Å². The lowest BCUT2D eigenvalue weighted by molar-refractivity contribution is 0.0827. The van der Waals surface area contributed by atoms with Gasteiger partial charge in [-0.25, -0.2) is 4.98 Å². The summed E-state index contributed by atoms with van der Waals surface area (Å²) in [4.78, 5) is 21.9. The second-order valence-electron chi connectivity index (χ2n) is 6.23. The Hall–Kier alpha value is -2.83. The van der Waals surface area contributed by atoms with Gasteiger partial charge < -0.3 is 20.1 Å². The van der Waals surface area contributed by atoms with Crippen LogP contribution in [-0.2, 0) is 13.0 Å². The van der Waals surface area contributed by atoms with Gasteiger partial charge in [0.1, 0.15) is 0 Å². The molecular weight excluding hydrogens is 328 g/mol. The number of nitrogens with zero attached hydrogens (tertiary/aromatic N) is 4. The summed E-state index contributed by atoms with van der Waals surface area (Å²) in [6, 6.07) is 7.76. The molecule has 7 nitrogen and oxygen atoms in total. The predicted molar refractivity (Wildman–Crippen MR) is 104 cm³/mol. The minimum absolute atomic E-state index is 0.0233. The second kappa shape index (κ2) is 10.2. The number of carbonyl (C=O) groups is 1. The Labute approximate surface area is 155 Å². The third-order valence-corrected chi connectivity index (χ3v) is 3.95. The van der Waals surface area contributed by atoms with E-state index in [-0.39, 0.29) is 5.91 Å². The molecule has 0 aliphatic carbocycles. The number of nitrogens with one attached hydrogen (secondary N) is 2. The van der Waals surface area contributed by atoms with E-state index in [0.717, 1.165) is 49.6 Å². The molecule has 26 heavy (non-hydrogen) atoms. The smallest absolute Gasteiger partial charge is 0.253 e. The van der Waals surface area contributed by atoms with Gasteiger partial charge in [-0.1, -0.05) is 12.1 Å². The van der Waals surface area contributed by atoms with Gasteiger partial charge in [-0.15, -0.1) is 0 Å². The van der Waals surface area contributed by atoms with Crippen molar-refractivity contribution < 1.29 is 4.79 Å². The van der Waals surface area contributed by atoms with E-state index >= 15 is 0 Å². The molecule has 0 bridgehead atoms. The molecule has 1 amide bonds. The minimum atomic E-state index is 0.0233. The van der Waals surface area contributed by atoms with Crippen LogP contribution in [0, 0.1) is 0 Å². The van der Waals surface area contributed by atoms with Gasteiger partial charge in [-0.2, -0.15) is 0 Å². The summed E-state index contributed by atoms with van der Waals surface area (Å²) in [6.07, 6.45) is 7.38. The first-order valence-electron chi connectivity index (χ1n) is 8.81. The molecule has 2 rings (SSSR count). The van der Waals surface area contributed by atoms with Crippen LogP contribution < -0.4 is 10.6 Å². The highest BCUT2D eigenvalue weighted by Crippen LogP contribution is 2.07. The van der Waals surface area contributed by atoms with Gasteiger partial charge >= 0.3 is 0 Å². The molecule has 0 saturated carbocycles. The van der Waals surface area contributed by atoms with E-state index in [1.807, 2.05) is 36.8 Å². The van der Waals surface area contributed by atoms with Crippen LogP contribution in [-0.4, -0.2) is 60.6 Å². The molecule has 0 saturated heterocycles. The Kier molecular flexibility index (Phi) is 7.67. The molecule has 0 radical (unpaired) electrons. The van der Waals surface area contributed by atoms with Gasteiger partial charge in [0.05, 0.1) is 6.33 Å². The highest BCUT2D eigenvalue weighted by Gasteiger charge is 2.08. The van der Waals surface area contributed by atoms with Gasteiger partial charge in [0.25, 0.3) is 5.91 Å². The average Bonchev–Trinajstić information content (AvgIpc) is 3.16. The molecule has 140 valence electrons. The number of aromatic nitrogens is 2. The minimum Gasteiger partial charge on any atom is -0.356 e. The van der Waals surface area contributed by atoms with Crippen LogP contribution in [0.15, 0.2) is 48.0 Å². The highest BCUT2D eigenvalue weighted by atomic mass is 16.2. The molecule has 2 aromatic rings. The maximum Gasteiger partial charge on any atom is 0.253 e. The summed E-state index contributed by atoms with van der Waals surface area (Å²) in [5, 5.41) is 6.61. The van der Waals surface area contributed by atoms with E-state index in [1.54, 1.807) is 32.2 Å². The third kappa shape index (κ3) is 6.23. The summed E-state index contributed by atoms with van der Waals surface area (Å²) in [5.74, 6) is 0.811. The van der Waals surface area contributed by atoms with Crippen molar-refractivity contribution in [3.8, 4) is 0 Å². The first-order chi connectivity index (χ1) is 12.6. The number of imidazole rings is 1. The van der Waals surface area contributed by atoms with Gasteiger partial charge in [0, 0.05) is 58.7 Å². The summed E-state index contributed by atoms with van der Waals surface area (Å²) in [6.45, 7) is 2.52. The highest BCUT2D eigenvalue weighted by molar-refractivity contribution is 5.94. The number of benzene rings is 1. The van der Waals surface area contributed by atoms with Crippen LogP contribution in [0.4, 0.5) is 0 Å². The van der Waals surface area contributed by atoms with Crippen molar-refractivity contribution in [2.75, 3.05) is 34.2 Å². The molecule has 0 aliphatic heterocycles.